The first-order valence-corrected chi connectivity index (χ1v) is 21.8. The fraction of sp³-hybridized carbons (Fsp3) is 0.0656. The molecule has 0 saturated heterocycles. The van der Waals surface area contributed by atoms with Crippen molar-refractivity contribution in [3.05, 3.63) is 265 Å². The van der Waals surface area contributed by atoms with Gasteiger partial charge in [-0.2, -0.15) is 0 Å². The average Bonchev–Trinajstić information content (AvgIpc) is 3.37. The summed E-state index contributed by atoms with van der Waals surface area (Å²) < 4.78 is 0. The average molecular weight is 824 g/mol. The van der Waals surface area contributed by atoms with Crippen molar-refractivity contribution in [2.45, 2.75) is 26.2 Å². The minimum absolute atomic E-state index is 0.273. The van der Waals surface area contributed by atoms with Gasteiger partial charge in [0, 0.05) is 27.7 Å². The van der Waals surface area contributed by atoms with E-state index in [1.165, 1.54) is 33.4 Å². The molecule has 9 rings (SSSR count). The van der Waals surface area contributed by atoms with Gasteiger partial charge < -0.3 is 0 Å². The quantitative estimate of drug-likeness (QED) is 0.115. The Morgan fingerprint density at radius 1 is 0.422 bits per heavy atom. The van der Waals surface area contributed by atoms with Crippen molar-refractivity contribution in [3.63, 3.8) is 0 Å². The highest BCUT2D eigenvalue weighted by molar-refractivity contribution is 6.14. The van der Waals surface area contributed by atoms with Crippen LogP contribution < -0.4 is 0 Å². The third-order valence-corrected chi connectivity index (χ3v) is 12.0. The SMILES string of the molecule is C=C(N=C(/C=C(\C)c1ccc(-c2ccccc2)cc1)c1ccccc1)c1ccc(C(C)(C)c2ccc(-c3nc(-c4ccccc4)cc(-c4ccc(-c5ccccc5)cc4)n3)cc2)cc1. The maximum absolute atomic E-state index is 5.14. The second kappa shape index (κ2) is 18.5. The van der Waals surface area contributed by atoms with Crippen molar-refractivity contribution in [1.82, 2.24) is 9.97 Å². The monoisotopic (exact) mass is 823 g/mol. The van der Waals surface area contributed by atoms with Gasteiger partial charge in [-0.1, -0.05) is 239 Å². The summed E-state index contributed by atoms with van der Waals surface area (Å²) in [5.74, 6) is 0.692. The second-order valence-corrected chi connectivity index (χ2v) is 16.6. The third-order valence-electron chi connectivity index (χ3n) is 12.0. The summed E-state index contributed by atoms with van der Waals surface area (Å²) in [7, 11) is 0. The molecule has 64 heavy (non-hydrogen) atoms. The van der Waals surface area contributed by atoms with Gasteiger partial charge in [0.15, 0.2) is 5.82 Å². The van der Waals surface area contributed by atoms with Crippen molar-refractivity contribution >= 4 is 17.0 Å². The summed E-state index contributed by atoms with van der Waals surface area (Å²) in [5, 5.41) is 0. The summed E-state index contributed by atoms with van der Waals surface area (Å²) in [4.78, 5) is 15.4. The number of hydrogen-bond acceptors (Lipinski definition) is 3. The minimum atomic E-state index is -0.273. The van der Waals surface area contributed by atoms with Crippen molar-refractivity contribution in [3.8, 4) is 56.2 Å². The summed E-state index contributed by atoms with van der Waals surface area (Å²) >= 11 is 0. The first kappa shape index (κ1) is 41.3. The zero-order valence-electron chi connectivity index (χ0n) is 36.5. The molecule has 3 heteroatoms. The first-order valence-electron chi connectivity index (χ1n) is 21.8. The number of nitrogens with zero attached hydrogens (tertiary/aromatic N) is 3. The highest BCUT2D eigenvalue weighted by Crippen LogP contribution is 2.35. The lowest BCUT2D eigenvalue weighted by atomic mass is 9.77. The number of benzene rings is 8. The molecule has 1 heterocycles. The molecule has 1 aromatic heterocycles. The molecule has 3 nitrogen and oxygen atoms in total. The third kappa shape index (κ3) is 9.25. The van der Waals surface area contributed by atoms with Crippen LogP contribution in [-0.4, -0.2) is 15.7 Å². The number of aliphatic imine (C=N–C) groups is 1. The van der Waals surface area contributed by atoms with Crippen LogP contribution in [0.15, 0.2) is 242 Å². The lowest BCUT2D eigenvalue weighted by molar-refractivity contribution is 0.641. The van der Waals surface area contributed by atoms with Gasteiger partial charge in [-0.05, 0) is 69.1 Å². The molecule has 0 aliphatic heterocycles. The number of rotatable bonds is 12. The predicted molar refractivity (Wildman–Crippen MR) is 270 cm³/mol. The molecule has 0 spiro atoms. The molecule has 0 saturated carbocycles. The van der Waals surface area contributed by atoms with Gasteiger partial charge in [0.2, 0.25) is 0 Å². The number of allylic oxidation sites excluding steroid dienone is 2. The van der Waals surface area contributed by atoms with Crippen LogP contribution in [0, 0.1) is 0 Å². The topological polar surface area (TPSA) is 38.1 Å². The zero-order chi connectivity index (χ0) is 43.9. The molecule has 8 aromatic carbocycles. The zero-order valence-corrected chi connectivity index (χ0v) is 36.5. The Bertz CT molecular complexity index is 3060. The van der Waals surface area contributed by atoms with E-state index in [1.807, 2.05) is 48.5 Å². The standard InChI is InChI=1S/C61H49N3/c1-43(45-25-27-49(28-26-45)47-17-9-5-10-18-47)41-57(51-21-13-7-14-22-51)62-44(2)46-33-37-55(38-34-46)61(3,4)56-39-35-54(36-40-56)60-63-58(52-23-15-8-16-24-52)42-59(64-60)53-31-29-50(30-32-53)48-19-11-6-12-20-48/h5-42H,2H2,1,3-4H3/b43-41+,62-57?. The highest BCUT2D eigenvalue weighted by atomic mass is 14.9. The molecule has 0 radical (unpaired) electrons. The molecular formula is C61H49N3. The van der Waals surface area contributed by atoms with Crippen LogP contribution in [0.4, 0.5) is 0 Å². The van der Waals surface area contributed by atoms with Gasteiger partial charge in [-0.25, -0.2) is 15.0 Å². The molecule has 9 aromatic rings. The number of hydrogen-bond donors (Lipinski definition) is 0. The van der Waals surface area contributed by atoms with Gasteiger partial charge in [0.1, 0.15) is 0 Å². The largest absolute Gasteiger partial charge is 0.248 e. The molecule has 0 amide bonds. The van der Waals surface area contributed by atoms with Crippen molar-refractivity contribution < 1.29 is 0 Å². The van der Waals surface area contributed by atoms with Crippen molar-refractivity contribution in [1.29, 1.82) is 0 Å². The molecule has 0 N–H and O–H groups in total. The van der Waals surface area contributed by atoms with E-state index in [0.717, 1.165) is 56.1 Å². The first-order chi connectivity index (χ1) is 31.3. The highest BCUT2D eigenvalue weighted by Gasteiger charge is 2.24. The minimum Gasteiger partial charge on any atom is -0.248 e. The van der Waals surface area contributed by atoms with Gasteiger partial charge in [0.25, 0.3) is 0 Å². The second-order valence-electron chi connectivity index (χ2n) is 16.6. The van der Waals surface area contributed by atoms with E-state index >= 15 is 0 Å². The summed E-state index contributed by atoms with van der Waals surface area (Å²) in [5.41, 5.74) is 17.6. The molecule has 0 aliphatic rings. The van der Waals surface area contributed by atoms with E-state index in [4.69, 9.17) is 15.0 Å². The lowest BCUT2D eigenvalue weighted by Gasteiger charge is -2.26. The predicted octanol–water partition coefficient (Wildman–Crippen LogP) is 15.7. The van der Waals surface area contributed by atoms with Crippen LogP contribution in [0.5, 0.6) is 0 Å². The fourth-order valence-electron chi connectivity index (χ4n) is 8.07. The maximum atomic E-state index is 5.14. The van der Waals surface area contributed by atoms with Gasteiger partial charge >= 0.3 is 0 Å². The summed E-state index contributed by atoms with van der Waals surface area (Å²) in [6.07, 6.45) is 2.16. The van der Waals surface area contributed by atoms with Crippen LogP contribution in [-0.2, 0) is 5.41 Å². The molecule has 0 bridgehead atoms. The van der Waals surface area contributed by atoms with E-state index < -0.39 is 0 Å². The molecule has 0 atom stereocenters. The van der Waals surface area contributed by atoms with Crippen LogP contribution in [0.2, 0.25) is 0 Å². The Labute approximate surface area is 377 Å². The van der Waals surface area contributed by atoms with Crippen molar-refractivity contribution in [2.75, 3.05) is 0 Å². The number of aromatic nitrogens is 2. The van der Waals surface area contributed by atoms with E-state index in [2.05, 4.69) is 209 Å². The smallest absolute Gasteiger partial charge is 0.160 e. The van der Waals surface area contributed by atoms with E-state index in [1.54, 1.807) is 0 Å². The van der Waals surface area contributed by atoms with E-state index in [0.29, 0.717) is 11.5 Å². The fourth-order valence-corrected chi connectivity index (χ4v) is 8.07. The molecule has 0 fully saturated rings. The van der Waals surface area contributed by atoms with Crippen LogP contribution in [0.25, 0.3) is 67.4 Å². The Morgan fingerprint density at radius 3 is 1.31 bits per heavy atom. The van der Waals surface area contributed by atoms with E-state index in [9.17, 15) is 0 Å². The van der Waals surface area contributed by atoms with Crippen LogP contribution >= 0.6 is 0 Å². The van der Waals surface area contributed by atoms with Gasteiger partial charge in [-0.15, -0.1) is 0 Å². The van der Waals surface area contributed by atoms with Gasteiger partial charge in [-0.3, -0.25) is 0 Å². The summed E-state index contributed by atoms with van der Waals surface area (Å²) in [6, 6.07) is 78.3. The van der Waals surface area contributed by atoms with E-state index in [-0.39, 0.29) is 5.41 Å². The normalized spacial score (nSPS) is 11.9. The van der Waals surface area contributed by atoms with Crippen LogP contribution in [0.3, 0.4) is 0 Å². The Morgan fingerprint density at radius 2 is 0.797 bits per heavy atom. The molecule has 0 unspecified atom stereocenters. The van der Waals surface area contributed by atoms with Crippen LogP contribution in [0.1, 0.15) is 48.6 Å². The molecular weight excluding hydrogens is 775 g/mol. The lowest BCUT2D eigenvalue weighted by Crippen LogP contribution is -2.18. The molecule has 308 valence electrons. The Balaban J connectivity index is 0.957. The Kier molecular flexibility index (Phi) is 12.0. The summed E-state index contributed by atoms with van der Waals surface area (Å²) in [6.45, 7) is 11.1. The molecule has 0 aliphatic carbocycles. The Hall–Kier alpha value is -8.01. The van der Waals surface area contributed by atoms with Gasteiger partial charge in [0.05, 0.1) is 22.8 Å². The maximum Gasteiger partial charge on any atom is 0.160 e. The van der Waals surface area contributed by atoms with Crippen molar-refractivity contribution in [2.24, 2.45) is 4.99 Å².